The van der Waals surface area contributed by atoms with E-state index >= 15 is 8.78 Å². The van der Waals surface area contributed by atoms with Crippen molar-refractivity contribution in [1.29, 1.82) is 0 Å². The molecule has 73 heavy (non-hydrogen) atoms. The number of amides is 4. The Labute approximate surface area is 421 Å². The zero-order valence-electron chi connectivity index (χ0n) is 40.8. The van der Waals surface area contributed by atoms with Crippen molar-refractivity contribution in [3.63, 3.8) is 0 Å². The van der Waals surface area contributed by atoms with Crippen LogP contribution in [0.25, 0.3) is 55.1 Å². The molecule has 4 aromatic heterocycles. The lowest BCUT2D eigenvalue weighted by molar-refractivity contribution is -0.136. The fourth-order valence-electron chi connectivity index (χ4n) is 10.2. The van der Waals surface area contributed by atoms with Crippen LogP contribution in [-0.4, -0.2) is 103 Å². The van der Waals surface area contributed by atoms with Crippen LogP contribution < -0.4 is 15.4 Å². The Balaban J connectivity index is 0.994. The molecule has 7 aromatic rings. The number of alkyl carbamates (subject to hydrolysis) is 2. The average molecular weight is 1020 g/mol. The van der Waals surface area contributed by atoms with Crippen molar-refractivity contribution in [2.45, 2.75) is 83.8 Å². The van der Waals surface area contributed by atoms with Gasteiger partial charge in [-0.25, -0.2) is 37.7 Å². The number of thiazole rings is 1. The number of carbonyl (C=O) groups is 4. The third kappa shape index (κ3) is 9.14. The molecule has 2 fully saturated rings. The van der Waals surface area contributed by atoms with E-state index in [1.807, 2.05) is 56.5 Å². The largest absolute Gasteiger partial charge is 0.462 e. The second kappa shape index (κ2) is 19.7. The number of aromatic nitrogens is 6. The maximum absolute atomic E-state index is 17.0. The van der Waals surface area contributed by atoms with Gasteiger partial charge in [-0.2, -0.15) is 0 Å². The zero-order valence-corrected chi connectivity index (χ0v) is 41.6. The van der Waals surface area contributed by atoms with E-state index in [2.05, 4.69) is 30.6 Å². The summed E-state index contributed by atoms with van der Waals surface area (Å²) < 4.78 is 64.3. The van der Waals surface area contributed by atoms with E-state index in [0.29, 0.717) is 82.0 Å². The summed E-state index contributed by atoms with van der Waals surface area (Å²) in [6.07, 6.45) is 5.20. The van der Waals surface area contributed by atoms with Gasteiger partial charge in [0.05, 0.1) is 71.7 Å². The lowest BCUT2D eigenvalue weighted by Gasteiger charge is -2.30. The van der Waals surface area contributed by atoms with E-state index in [1.54, 1.807) is 28.3 Å². The van der Waals surface area contributed by atoms with Crippen molar-refractivity contribution in [2.75, 3.05) is 27.3 Å². The zero-order chi connectivity index (χ0) is 51.4. The second-order valence-corrected chi connectivity index (χ2v) is 20.2. The van der Waals surface area contributed by atoms with Crippen molar-refractivity contribution in [3.8, 4) is 50.0 Å². The number of benzene rings is 3. The average Bonchev–Trinajstić information content (AvgIpc) is 4.23. The number of halogens is 3. The molecule has 0 bridgehead atoms. The van der Waals surface area contributed by atoms with Gasteiger partial charge < -0.3 is 44.6 Å². The van der Waals surface area contributed by atoms with Gasteiger partial charge in [0.1, 0.15) is 46.9 Å². The standard InChI is InChI=1S/C52H53F3N10O7S/c1-25(2)43(61-51(68)70-5)48(66)63-15-7-9-37(63)45-56-22-34(59-45)27-11-14-36-29(17-27)19-39-42-33(55)18-28(20-40(42)72-50(65(36)39)47-58-24-41(73-47)31-13-12-30(53)21-32(31)54)35-23-57-46(60-35)38-10-8-16-64(38)49(67)44(26(3)4)62-52(69)71-6/h11-14,17-26,37-38,43-44,50H,7-10,15-16H2,1-6H3,(H,56,59)(H,57,60)(H,61,68)(H,62,69)/t37-,38-,43-,44-,50?/m0/s1. The van der Waals surface area contributed by atoms with Gasteiger partial charge in [0.2, 0.25) is 18.0 Å². The maximum atomic E-state index is 17.0. The fraction of sp³-hybridized carbons (Fsp3) is 0.365. The third-order valence-electron chi connectivity index (χ3n) is 13.9. The first-order valence-electron chi connectivity index (χ1n) is 24.1. The molecule has 7 heterocycles. The summed E-state index contributed by atoms with van der Waals surface area (Å²) in [6.45, 7) is 8.35. The SMILES string of the molecule is COC(=O)N[C@H](C(=O)N1CCC[C@H]1c1ncc(-c2cc(F)c3c(c2)OC(c2ncc(-c4ccc(F)cc4F)s2)n2c-3cc3cc(-c4cnc([C@@H]5CCCN5C(=O)[C@@H](NC(=O)OC)C(C)C)[nH]4)ccc32)[nH]1)C(C)C. The molecule has 1 unspecified atom stereocenters. The second-order valence-electron chi connectivity index (χ2n) is 19.1. The van der Waals surface area contributed by atoms with E-state index in [9.17, 15) is 23.6 Å². The Kier molecular flexibility index (Phi) is 13.2. The first-order valence-corrected chi connectivity index (χ1v) is 24.9. The molecular formula is C52H53F3N10O7S. The Bertz CT molecular complexity index is 3280. The highest BCUT2D eigenvalue weighted by Gasteiger charge is 2.40. The van der Waals surface area contributed by atoms with Crippen molar-refractivity contribution < 1.29 is 46.6 Å². The summed E-state index contributed by atoms with van der Waals surface area (Å²) in [4.78, 5) is 76.7. The maximum Gasteiger partial charge on any atom is 0.407 e. The molecule has 3 aliphatic heterocycles. The minimum absolute atomic E-state index is 0.163. The predicted octanol–water partition coefficient (Wildman–Crippen LogP) is 9.66. The number of hydrogen-bond acceptors (Lipinski definition) is 11. The van der Waals surface area contributed by atoms with Gasteiger partial charge in [-0.1, -0.05) is 33.8 Å². The van der Waals surface area contributed by atoms with Crippen molar-refractivity contribution in [2.24, 2.45) is 11.8 Å². The molecule has 0 aliphatic carbocycles. The van der Waals surface area contributed by atoms with E-state index in [-0.39, 0.29) is 46.6 Å². The first-order chi connectivity index (χ1) is 35.1. The molecule has 380 valence electrons. The van der Waals surface area contributed by atoms with E-state index in [1.165, 1.54) is 38.6 Å². The summed E-state index contributed by atoms with van der Waals surface area (Å²) in [7, 11) is 2.50. The minimum Gasteiger partial charge on any atom is -0.462 e. The van der Waals surface area contributed by atoms with Gasteiger partial charge in [-0.3, -0.25) is 14.2 Å². The first kappa shape index (κ1) is 48.9. The van der Waals surface area contributed by atoms with Crippen LogP contribution in [0.1, 0.15) is 88.3 Å². The fourth-order valence-corrected chi connectivity index (χ4v) is 11.1. The normalized spacial score (nSPS) is 18.2. The van der Waals surface area contributed by atoms with E-state index < -0.39 is 54.0 Å². The molecule has 3 aliphatic rings. The lowest BCUT2D eigenvalue weighted by atomic mass is 10.0. The number of methoxy groups -OCH3 is 2. The highest BCUT2D eigenvalue weighted by atomic mass is 32.1. The summed E-state index contributed by atoms with van der Waals surface area (Å²) in [5.74, 6) is -1.63. The van der Waals surface area contributed by atoms with Crippen molar-refractivity contribution in [1.82, 2.24) is 49.9 Å². The third-order valence-corrected chi connectivity index (χ3v) is 14.9. The monoisotopic (exact) mass is 1020 g/mol. The van der Waals surface area contributed by atoms with Crippen molar-refractivity contribution in [3.05, 3.63) is 107 Å². The molecule has 4 N–H and O–H groups in total. The number of nitrogens with one attached hydrogen (secondary N) is 4. The van der Waals surface area contributed by atoms with Gasteiger partial charge in [0, 0.05) is 47.4 Å². The molecule has 5 atom stereocenters. The number of ether oxygens (including phenoxy) is 3. The Morgan fingerprint density at radius 2 is 1.33 bits per heavy atom. The van der Waals surface area contributed by atoms with E-state index in [4.69, 9.17) is 19.2 Å². The molecule has 3 aromatic carbocycles. The van der Waals surface area contributed by atoms with Crippen LogP contribution >= 0.6 is 11.3 Å². The van der Waals surface area contributed by atoms with E-state index in [0.717, 1.165) is 34.8 Å². The number of fused-ring (bicyclic) bond motifs is 5. The lowest BCUT2D eigenvalue weighted by Crippen LogP contribution is -2.51. The molecule has 0 spiro atoms. The van der Waals surface area contributed by atoms with Gasteiger partial charge in [-0.15, -0.1) is 11.3 Å². The predicted molar refractivity (Wildman–Crippen MR) is 264 cm³/mol. The molecule has 2 saturated heterocycles. The number of likely N-dealkylation sites (tertiary alicyclic amines) is 2. The van der Waals surface area contributed by atoms with Gasteiger partial charge >= 0.3 is 12.2 Å². The summed E-state index contributed by atoms with van der Waals surface area (Å²) in [6, 6.07) is 11.7. The van der Waals surface area contributed by atoms with Crippen LogP contribution in [0.3, 0.4) is 0 Å². The molecule has 10 rings (SSSR count). The minimum atomic E-state index is -0.960. The van der Waals surface area contributed by atoms with Gasteiger partial charge in [0.15, 0.2) is 5.01 Å². The van der Waals surface area contributed by atoms with Crippen LogP contribution in [0.4, 0.5) is 22.8 Å². The summed E-state index contributed by atoms with van der Waals surface area (Å²) in [5, 5.41) is 6.49. The highest BCUT2D eigenvalue weighted by molar-refractivity contribution is 7.15. The quantitative estimate of drug-likeness (QED) is 0.0913. The van der Waals surface area contributed by atoms with Crippen LogP contribution in [0.5, 0.6) is 5.75 Å². The number of hydrogen-bond donors (Lipinski definition) is 4. The number of carbonyl (C=O) groups excluding carboxylic acids is 4. The smallest absolute Gasteiger partial charge is 0.407 e. The number of aromatic amines is 2. The molecule has 0 saturated carbocycles. The van der Waals surface area contributed by atoms with Crippen LogP contribution in [0, 0.1) is 29.3 Å². The molecule has 17 nitrogen and oxygen atoms in total. The number of imidazole rings is 2. The Morgan fingerprint density at radius 3 is 1.90 bits per heavy atom. The number of H-pyrrole nitrogens is 2. The Morgan fingerprint density at radius 1 is 0.726 bits per heavy atom. The molecule has 21 heteroatoms. The van der Waals surface area contributed by atoms with Crippen LogP contribution in [0.15, 0.2) is 73.2 Å². The number of nitrogens with zero attached hydrogens (tertiary/aromatic N) is 6. The number of rotatable bonds is 12. The van der Waals surface area contributed by atoms with Crippen LogP contribution in [-0.2, 0) is 19.1 Å². The topological polar surface area (TPSA) is 202 Å². The van der Waals surface area contributed by atoms with Gasteiger partial charge in [-0.05, 0) is 80.0 Å². The van der Waals surface area contributed by atoms with Crippen LogP contribution in [0.2, 0.25) is 0 Å². The Hall–Kier alpha value is -7.68. The summed E-state index contributed by atoms with van der Waals surface area (Å²) in [5.41, 5.74) is 3.89. The highest BCUT2D eigenvalue weighted by Crippen LogP contribution is 2.49. The van der Waals surface area contributed by atoms with Gasteiger partial charge in [0.25, 0.3) is 0 Å². The molecule has 0 radical (unpaired) electrons. The summed E-state index contributed by atoms with van der Waals surface area (Å²) >= 11 is 1.16. The molecule has 4 amide bonds. The van der Waals surface area contributed by atoms with Crippen molar-refractivity contribution >= 4 is 46.2 Å². The molecular weight excluding hydrogens is 966 g/mol.